The second-order valence-electron chi connectivity index (χ2n) is 8.55. The summed E-state index contributed by atoms with van der Waals surface area (Å²) in [6, 6.07) is 4.75. The molecule has 3 fully saturated rings. The molecule has 0 spiro atoms. The third-order valence-corrected chi connectivity index (χ3v) is 7.87. The van der Waals surface area contributed by atoms with E-state index in [4.69, 9.17) is 23.2 Å². The number of nitrogens with zero attached hydrogens (tertiary/aromatic N) is 3. The van der Waals surface area contributed by atoms with Gasteiger partial charge < -0.3 is 15.5 Å². The van der Waals surface area contributed by atoms with Crippen molar-refractivity contribution in [1.29, 1.82) is 0 Å². The van der Waals surface area contributed by atoms with Crippen LogP contribution in [0.1, 0.15) is 23.2 Å². The predicted octanol–water partition coefficient (Wildman–Crippen LogP) is 2.20. The second-order valence-corrected chi connectivity index (χ2v) is 10.4. The number of carbonyl (C=O) groups excluding carboxylic acids is 4. The Morgan fingerprint density at radius 1 is 1.06 bits per heavy atom. The van der Waals surface area contributed by atoms with E-state index >= 15 is 0 Å². The number of thioether (sulfide) groups is 1. The second kappa shape index (κ2) is 11.7. The predicted molar refractivity (Wildman–Crippen MR) is 136 cm³/mol. The molecule has 0 bridgehead atoms. The Bertz CT molecular complexity index is 1050. The maximum Gasteiger partial charge on any atom is 0.294 e. The molecule has 35 heavy (non-hydrogen) atoms. The Morgan fingerprint density at radius 2 is 1.77 bits per heavy atom. The molecule has 4 rings (SSSR count). The minimum Gasteiger partial charge on any atom is -0.353 e. The third kappa shape index (κ3) is 6.37. The minimum atomic E-state index is -0.445. The van der Waals surface area contributed by atoms with E-state index in [0.717, 1.165) is 55.0 Å². The molecule has 0 radical (unpaired) electrons. The first-order chi connectivity index (χ1) is 16.8. The Labute approximate surface area is 218 Å². The lowest BCUT2D eigenvalue weighted by Gasteiger charge is -2.29. The first-order valence-corrected chi connectivity index (χ1v) is 13.1. The summed E-state index contributed by atoms with van der Waals surface area (Å²) in [6.45, 7) is 5.43. The highest BCUT2D eigenvalue weighted by Gasteiger charge is 2.39. The normalized spacial score (nSPS) is 19.5. The molecule has 12 heteroatoms. The Kier molecular flexibility index (Phi) is 8.72. The highest BCUT2D eigenvalue weighted by atomic mass is 35.5. The molecule has 0 unspecified atom stereocenters. The maximum atomic E-state index is 12.9. The van der Waals surface area contributed by atoms with Crippen molar-refractivity contribution < 1.29 is 19.2 Å². The summed E-state index contributed by atoms with van der Waals surface area (Å²) in [4.78, 5) is 55.9. The van der Waals surface area contributed by atoms with E-state index in [1.165, 1.54) is 0 Å². The molecule has 0 saturated carbocycles. The zero-order chi connectivity index (χ0) is 24.9. The van der Waals surface area contributed by atoms with Gasteiger partial charge in [-0.1, -0.05) is 23.2 Å². The fourth-order valence-electron chi connectivity index (χ4n) is 4.28. The number of piperazine rings is 1. The number of likely N-dealkylation sites (tertiary alicyclic amines) is 1. The molecule has 0 aliphatic carbocycles. The number of piperidine rings is 1. The molecule has 0 atom stereocenters. The molecular weight excluding hydrogens is 513 g/mol. The molecule has 9 nitrogen and oxygen atoms in total. The number of nitrogens with one attached hydrogen (secondary N) is 2. The van der Waals surface area contributed by atoms with Gasteiger partial charge in [0, 0.05) is 57.4 Å². The van der Waals surface area contributed by atoms with Gasteiger partial charge in [-0.2, -0.15) is 0 Å². The molecule has 3 aliphatic heterocycles. The van der Waals surface area contributed by atoms with Crippen molar-refractivity contribution in [2.75, 3.05) is 58.9 Å². The zero-order valence-electron chi connectivity index (χ0n) is 19.1. The van der Waals surface area contributed by atoms with E-state index in [9.17, 15) is 19.2 Å². The largest absolute Gasteiger partial charge is 0.353 e. The Morgan fingerprint density at radius 3 is 2.49 bits per heavy atom. The topological polar surface area (TPSA) is 102 Å². The number of hydrogen-bond donors (Lipinski definition) is 2. The molecule has 0 aromatic heterocycles. The van der Waals surface area contributed by atoms with E-state index in [2.05, 4.69) is 15.5 Å². The van der Waals surface area contributed by atoms with Crippen LogP contribution >= 0.6 is 35.0 Å². The summed E-state index contributed by atoms with van der Waals surface area (Å²) in [6.07, 6.45) is 0.937. The van der Waals surface area contributed by atoms with Crippen LogP contribution in [0.15, 0.2) is 28.7 Å². The highest BCUT2D eigenvalue weighted by Crippen LogP contribution is 2.36. The first-order valence-electron chi connectivity index (χ1n) is 11.5. The fourth-order valence-corrected chi connectivity index (χ4v) is 5.63. The summed E-state index contributed by atoms with van der Waals surface area (Å²) in [7, 11) is 0. The van der Waals surface area contributed by atoms with Crippen LogP contribution in [-0.4, -0.2) is 96.6 Å². The number of halogens is 2. The van der Waals surface area contributed by atoms with Crippen LogP contribution in [0.4, 0.5) is 4.79 Å². The number of benzene rings is 1. The van der Waals surface area contributed by atoms with Crippen molar-refractivity contribution in [3.05, 3.63) is 44.3 Å². The SMILES string of the molecule is O=C(CN1C(=O)SC(=C2CCN(C(=O)c3cc(Cl)ccc3Cl)CC2)C1=O)NCCN1CCNCC1. The van der Waals surface area contributed by atoms with Gasteiger partial charge in [-0.3, -0.25) is 29.0 Å². The lowest BCUT2D eigenvalue weighted by atomic mass is 10.0. The summed E-state index contributed by atoms with van der Waals surface area (Å²) in [5.41, 5.74) is 1.17. The zero-order valence-corrected chi connectivity index (χ0v) is 21.5. The number of rotatable bonds is 6. The smallest absolute Gasteiger partial charge is 0.294 e. The van der Waals surface area contributed by atoms with Crippen molar-refractivity contribution in [3.8, 4) is 0 Å². The van der Waals surface area contributed by atoms with Crippen LogP contribution in [0.25, 0.3) is 0 Å². The average Bonchev–Trinajstić information content (AvgIpc) is 3.14. The molecule has 188 valence electrons. The molecule has 3 heterocycles. The summed E-state index contributed by atoms with van der Waals surface area (Å²) >= 11 is 13.0. The van der Waals surface area contributed by atoms with Gasteiger partial charge in [0.1, 0.15) is 6.54 Å². The van der Waals surface area contributed by atoms with Crippen LogP contribution < -0.4 is 10.6 Å². The molecular formula is C23H27Cl2N5O4S. The van der Waals surface area contributed by atoms with Crippen molar-refractivity contribution >= 4 is 57.9 Å². The lowest BCUT2D eigenvalue weighted by Crippen LogP contribution is -2.47. The van der Waals surface area contributed by atoms with Crippen LogP contribution in [0.5, 0.6) is 0 Å². The van der Waals surface area contributed by atoms with Crippen molar-refractivity contribution in [1.82, 2.24) is 25.3 Å². The summed E-state index contributed by atoms with van der Waals surface area (Å²) in [5.74, 6) is -1.01. The van der Waals surface area contributed by atoms with E-state index < -0.39 is 11.1 Å². The number of amides is 4. The van der Waals surface area contributed by atoms with Gasteiger partial charge in [0.05, 0.1) is 15.5 Å². The highest BCUT2D eigenvalue weighted by molar-refractivity contribution is 8.18. The molecule has 1 aromatic rings. The fraction of sp³-hybridized carbons (Fsp3) is 0.478. The van der Waals surface area contributed by atoms with Gasteiger partial charge in [-0.05, 0) is 48.4 Å². The van der Waals surface area contributed by atoms with E-state index in [-0.39, 0.29) is 18.4 Å². The Hall–Kier alpha value is -2.11. The quantitative estimate of drug-likeness (QED) is 0.534. The first kappa shape index (κ1) is 26.0. The van der Waals surface area contributed by atoms with Crippen molar-refractivity contribution in [2.24, 2.45) is 0 Å². The van der Waals surface area contributed by atoms with Gasteiger partial charge in [0.25, 0.3) is 17.1 Å². The summed E-state index contributed by atoms with van der Waals surface area (Å²) in [5, 5.41) is 6.39. The van der Waals surface area contributed by atoms with Gasteiger partial charge in [-0.15, -0.1) is 0 Å². The standard InChI is InChI=1S/C23H27Cl2N5O4S/c24-16-1-2-18(25)17(13-16)21(32)29-8-3-15(4-9-29)20-22(33)30(23(34)35-20)14-19(31)27-7-12-28-10-5-26-6-11-28/h1-2,13,26H,3-12,14H2,(H,27,31). The summed E-state index contributed by atoms with van der Waals surface area (Å²) < 4.78 is 0. The van der Waals surface area contributed by atoms with Crippen LogP contribution in [0.3, 0.4) is 0 Å². The number of carbonyl (C=O) groups is 4. The van der Waals surface area contributed by atoms with Crippen molar-refractivity contribution in [2.45, 2.75) is 12.8 Å². The van der Waals surface area contributed by atoms with Gasteiger partial charge in [0.2, 0.25) is 5.91 Å². The van der Waals surface area contributed by atoms with Gasteiger partial charge >= 0.3 is 0 Å². The number of hydrogen-bond acceptors (Lipinski definition) is 7. The monoisotopic (exact) mass is 539 g/mol. The molecule has 3 aliphatic rings. The van der Waals surface area contributed by atoms with Gasteiger partial charge in [-0.25, -0.2) is 0 Å². The molecule has 3 saturated heterocycles. The van der Waals surface area contributed by atoms with E-state index in [1.54, 1.807) is 23.1 Å². The maximum absolute atomic E-state index is 12.9. The van der Waals surface area contributed by atoms with E-state index in [0.29, 0.717) is 53.0 Å². The van der Waals surface area contributed by atoms with Crippen LogP contribution in [0.2, 0.25) is 10.0 Å². The van der Waals surface area contributed by atoms with Gasteiger partial charge in [0.15, 0.2) is 0 Å². The van der Waals surface area contributed by atoms with Crippen LogP contribution in [0, 0.1) is 0 Å². The lowest BCUT2D eigenvalue weighted by molar-refractivity contribution is -0.129. The number of imide groups is 1. The average molecular weight is 540 g/mol. The van der Waals surface area contributed by atoms with Crippen LogP contribution in [-0.2, 0) is 9.59 Å². The minimum absolute atomic E-state index is 0.220. The molecule has 2 N–H and O–H groups in total. The molecule has 4 amide bonds. The van der Waals surface area contributed by atoms with Crippen molar-refractivity contribution in [3.63, 3.8) is 0 Å². The molecule has 1 aromatic carbocycles. The van der Waals surface area contributed by atoms with E-state index in [1.807, 2.05) is 0 Å². The Balaban J connectivity index is 1.30. The third-order valence-electron chi connectivity index (χ3n) is 6.24.